The lowest BCUT2D eigenvalue weighted by Gasteiger charge is -1.94. The second-order valence-corrected chi connectivity index (χ2v) is 4.07. The van der Waals surface area contributed by atoms with Crippen LogP contribution in [0.25, 0.3) is 10.6 Å². The summed E-state index contributed by atoms with van der Waals surface area (Å²) in [5.41, 5.74) is 1.89. The van der Waals surface area contributed by atoms with Crippen molar-refractivity contribution in [3.8, 4) is 10.6 Å². The molecule has 1 heterocycles. The van der Waals surface area contributed by atoms with Gasteiger partial charge in [-0.05, 0) is 18.6 Å². The molecular formula is C11H9N2O2S. The molecule has 0 N–H and O–H groups in total. The Hall–Kier alpha value is -1.75. The summed E-state index contributed by atoms with van der Waals surface area (Å²) in [6.45, 7) is 2.04. The van der Waals surface area contributed by atoms with E-state index in [0.29, 0.717) is 0 Å². The molecule has 0 unspecified atom stereocenters. The lowest BCUT2D eigenvalue weighted by Crippen LogP contribution is -1.87. The largest absolute Gasteiger partial charge is 0.270 e. The van der Waals surface area contributed by atoms with Gasteiger partial charge in [0.1, 0.15) is 5.01 Å². The summed E-state index contributed by atoms with van der Waals surface area (Å²) in [7, 11) is 0. The van der Waals surface area contributed by atoms with Crippen molar-refractivity contribution in [3.63, 3.8) is 0 Å². The van der Waals surface area contributed by atoms with Gasteiger partial charge in [0, 0.05) is 23.1 Å². The van der Waals surface area contributed by atoms with Gasteiger partial charge in [0.2, 0.25) is 0 Å². The Morgan fingerprint density at radius 3 is 2.88 bits per heavy atom. The molecule has 2 rings (SSSR count). The number of aromatic nitrogens is 1. The van der Waals surface area contributed by atoms with E-state index >= 15 is 0 Å². The van der Waals surface area contributed by atoms with Gasteiger partial charge in [-0.1, -0.05) is 6.92 Å². The molecule has 81 valence electrons. The van der Waals surface area contributed by atoms with E-state index in [1.165, 1.54) is 23.5 Å². The molecule has 1 aromatic carbocycles. The third-order valence-electron chi connectivity index (χ3n) is 2.15. The predicted octanol–water partition coefficient (Wildman–Crippen LogP) is 3.08. The van der Waals surface area contributed by atoms with E-state index in [9.17, 15) is 10.1 Å². The fourth-order valence-corrected chi connectivity index (χ4v) is 2.15. The summed E-state index contributed by atoms with van der Waals surface area (Å²) in [6.07, 6.45) is 0.892. The van der Waals surface area contributed by atoms with Crippen molar-refractivity contribution in [2.75, 3.05) is 0 Å². The zero-order valence-electron chi connectivity index (χ0n) is 8.64. The van der Waals surface area contributed by atoms with Crippen LogP contribution in [0.4, 0.5) is 5.69 Å². The van der Waals surface area contributed by atoms with Crippen molar-refractivity contribution < 1.29 is 4.92 Å². The number of nitro benzene ring substituents is 1. The summed E-state index contributed by atoms with van der Waals surface area (Å²) in [4.78, 5) is 14.4. The Bertz CT molecular complexity index is 505. The maximum absolute atomic E-state index is 10.5. The number of nitro groups is 1. The molecule has 1 aromatic heterocycles. The number of nitrogens with zero attached hydrogens (tertiary/aromatic N) is 2. The van der Waals surface area contributed by atoms with Crippen molar-refractivity contribution in [2.45, 2.75) is 13.3 Å². The Morgan fingerprint density at radius 2 is 2.38 bits per heavy atom. The van der Waals surface area contributed by atoms with E-state index < -0.39 is 4.92 Å². The molecule has 0 aliphatic carbocycles. The molecular weight excluding hydrogens is 224 g/mol. The normalized spacial score (nSPS) is 10.3. The van der Waals surface area contributed by atoms with Gasteiger partial charge >= 0.3 is 0 Å². The minimum absolute atomic E-state index is 0.0519. The first-order chi connectivity index (χ1) is 7.70. The molecule has 0 atom stereocenters. The van der Waals surface area contributed by atoms with Crippen LogP contribution in [0.3, 0.4) is 0 Å². The van der Waals surface area contributed by atoms with E-state index in [0.717, 1.165) is 22.7 Å². The Balaban J connectivity index is 2.30. The molecule has 0 spiro atoms. The van der Waals surface area contributed by atoms with Gasteiger partial charge in [0.05, 0.1) is 10.6 Å². The lowest BCUT2D eigenvalue weighted by molar-refractivity contribution is -0.384. The molecule has 0 aliphatic rings. The number of hydrogen-bond acceptors (Lipinski definition) is 4. The van der Waals surface area contributed by atoms with Crippen LogP contribution in [0.1, 0.15) is 12.6 Å². The van der Waals surface area contributed by atoms with Crippen LogP contribution in [0.2, 0.25) is 0 Å². The number of aryl methyl sites for hydroxylation is 1. The van der Waals surface area contributed by atoms with Gasteiger partial charge in [-0.25, -0.2) is 4.98 Å². The highest BCUT2D eigenvalue weighted by molar-refractivity contribution is 7.13. The average molecular weight is 233 g/mol. The van der Waals surface area contributed by atoms with Crippen molar-refractivity contribution in [1.29, 1.82) is 0 Å². The molecule has 0 saturated heterocycles. The minimum Gasteiger partial charge on any atom is -0.258 e. The lowest BCUT2D eigenvalue weighted by atomic mass is 10.2. The summed E-state index contributed by atoms with van der Waals surface area (Å²) in [5, 5.41) is 13.3. The Kier molecular flexibility index (Phi) is 2.96. The van der Waals surface area contributed by atoms with Crippen LogP contribution in [0.15, 0.2) is 23.6 Å². The summed E-state index contributed by atoms with van der Waals surface area (Å²) < 4.78 is 0. The zero-order chi connectivity index (χ0) is 11.5. The summed E-state index contributed by atoms with van der Waals surface area (Å²) in [6, 6.07) is 7.40. The van der Waals surface area contributed by atoms with E-state index in [4.69, 9.17) is 0 Å². The fraction of sp³-hybridized carbons (Fsp3) is 0.182. The fourth-order valence-electron chi connectivity index (χ4n) is 1.26. The standard InChI is InChI=1S/C11H9N2O2S/c1-2-9-7-16-11(12-9)8-3-5-10(6-4-8)13(14)15/h3,5-7H,2H2,1H3. The van der Waals surface area contributed by atoms with Gasteiger partial charge in [-0.3, -0.25) is 10.1 Å². The molecule has 0 fully saturated rings. The Labute approximate surface area is 96.7 Å². The highest BCUT2D eigenvalue weighted by Crippen LogP contribution is 2.25. The van der Waals surface area contributed by atoms with Crippen molar-refractivity contribution in [2.24, 2.45) is 0 Å². The first-order valence-corrected chi connectivity index (χ1v) is 5.69. The summed E-state index contributed by atoms with van der Waals surface area (Å²) >= 11 is 1.53. The third kappa shape index (κ3) is 2.09. The molecule has 0 aliphatic heterocycles. The van der Waals surface area contributed by atoms with Gasteiger partial charge in [0.15, 0.2) is 0 Å². The molecule has 0 bridgehead atoms. The SMILES string of the molecule is CCc1csc(-c2[c]cc([N+](=O)[O-])cc2)n1. The van der Waals surface area contributed by atoms with Gasteiger partial charge in [-0.15, -0.1) is 11.3 Å². The predicted molar refractivity (Wildman–Crippen MR) is 62.4 cm³/mol. The number of rotatable bonds is 3. The van der Waals surface area contributed by atoms with Crippen molar-refractivity contribution in [1.82, 2.24) is 4.98 Å². The number of hydrogen-bond donors (Lipinski definition) is 0. The van der Waals surface area contributed by atoms with Crippen LogP contribution in [-0.2, 0) is 6.42 Å². The van der Waals surface area contributed by atoms with Crippen molar-refractivity contribution in [3.05, 3.63) is 45.5 Å². The van der Waals surface area contributed by atoms with E-state index in [1.54, 1.807) is 6.07 Å². The van der Waals surface area contributed by atoms with Gasteiger partial charge in [0.25, 0.3) is 5.69 Å². The monoisotopic (exact) mass is 233 g/mol. The van der Waals surface area contributed by atoms with Crippen LogP contribution in [0, 0.1) is 16.2 Å². The second kappa shape index (κ2) is 4.40. The quantitative estimate of drug-likeness (QED) is 0.604. The maximum Gasteiger partial charge on any atom is 0.270 e. The van der Waals surface area contributed by atoms with Crippen LogP contribution in [0.5, 0.6) is 0 Å². The maximum atomic E-state index is 10.5. The van der Waals surface area contributed by atoms with Crippen molar-refractivity contribution >= 4 is 17.0 Å². The number of benzene rings is 1. The second-order valence-electron chi connectivity index (χ2n) is 3.22. The first kappa shape index (κ1) is 10.8. The molecule has 4 nitrogen and oxygen atoms in total. The topological polar surface area (TPSA) is 56.0 Å². The minimum atomic E-state index is -0.431. The van der Waals surface area contributed by atoms with Crippen LogP contribution < -0.4 is 0 Å². The molecule has 2 aromatic rings. The highest BCUT2D eigenvalue weighted by atomic mass is 32.1. The molecule has 16 heavy (non-hydrogen) atoms. The molecule has 0 saturated carbocycles. The van der Waals surface area contributed by atoms with E-state index in [-0.39, 0.29) is 5.69 Å². The smallest absolute Gasteiger partial charge is 0.258 e. The number of non-ortho nitro benzene ring substituents is 1. The third-order valence-corrected chi connectivity index (χ3v) is 3.08. The average Bonchev–Trinajstić information content (AvgIpc) is 2.77. The summed E-state index contributed by atoms with van der Waals surface area (Å²) in [5.74, 6) is 0. The highest BCUT2D eigenvalue weighted by Gasteiger charge is 2.07. The van der Waals surface area contributed by atoms with E-state index in [1.807, 2.05) is 12.3 Å². The number of thiazole rings is 1. The molecule has 1 radical (unpaired) electrons. The van der Waals surface area contributed by atoms with Gasteiger partial charge < -0.3 is 0 Å². The molecule has 0 amide bonds. The van der Waals surface area contributed by atoms with Crippen LogP contribution in [-0.4, -0.2) is 9.91 Å². The molecule has 5 heteroatoms. The van der Waals surface area contributed by atoms with E-state index in [2.05, 4.69) is 11.1 Å². The Morgan fingerprint density at radius 1 is 1.56 bits per heavy atom. The zero-order valence-corrected chi connectivity index (χ0v) is 9.45. The van der Waals surface area contributed by atoms with Gasteiger partial charge in [-0.2, -0.15) is 0 Å². The van der Waals surface area contributed by atoms with Crippen LogP contribution >= 0.6 is 11.3 Å². The first-order valence-electron chi connectivity index (χ1n) is 4.81.